The molecule has 3 rings (SSSR count). The van der Waals surface area contributed by atoms with Gasteiger partial charge in [0.2, 0.25) is 5.91 Å². The van der Waals surface area contributed by atoms with Crippen LogP contribution in [0.2, 0.25) is 0 Å². The predicted octanol–water partition coefficient (Wildman–Crippen LogP) is 2.36. The standard InChI is InChI=1S/C24H27N3O6/c1-17(7-6-10-22(29)26(13-14-28)16-18-8-4-3-5-9-18)24(31)20-15-19(27(32)33)11-12-21(20)25(2)23(24)30/h3-9,11-12,15,17,28,31H,10,13-14,16H2,1-2H3/b7-6+/t17-,24+/m1/s1. The van der Waals surface area contributed by atoms with E-state index in [1.54, 1.807) is 19.1 Å². The van der Waals surface area contributed by atoms with Crippen LogP contribution in [0.1, 0.15) is 24.5 Å². The fourth-order valence-electron chi connectivity index (χ4n) is 4.01. The summed E-state index contributed by atoms with van der Waals surface area (Å²) in [6.45, 7) is 1.99. The van der Waals surface area contributed by atoms with E-state index in [9.17, 15) is 29.9 Å². The Hall–Kier alpha value is -3.56. The van der Waals surface area contributed by atoms with Gasteiger partial charge in [-0.2, -0.15) is 0 Å². The van der Waals surface area contributed by atoms with Crippen molar-refractivity contribution in [3.8, 4) is 0 Å². The van der Waals surface area contributed by atoms with E-state index in [1.165, 1.54) is 35.0 Å². The molecule has 2 aromatic rings. The zero-order chi connectivity index (χ0) is 24.2. The molecule has 9 nitrogen and oxygen atoms in total. The molecule has 1 heterocycles. The maximum Gasteiger partial charge on any atom is 0.269 e. The molecular weight excluding hydrogens is 426 g/mol. The third kappa shape index (κ3) is 4.79. The van der Waals surface area contributed by atoms with Crippen molar-refractivity contribution < 1.29 is 24.7 Å². The summed E-state index contributed by atoms with van der Waals surface area (Å²) >= 11 is 0. The highest BCUT2D eigenvalue weighted by Crippen LogP contribution is 2.45. The molecule has 0 aromatic heterocycles. The number of carbonyl (C=O) groups excluding carboxylic acids is 2. The van der Waals surface area contributed by atoms with Crippen LogP contribution in [0.15, 0.2) is 60.7 Å². The van der Waals surface area contributed by atoms with Crippen LogP contribution in [-0.2, 0) is 21.7 Å². The molecule has 0 radical (unpaired) electrons. The number of anilines is 1. The molecular formula is C24H27N3O6. The molecule has 0 aliphatic carbocycles. The first-order valence-electron chi connectivity index (χ1n) is 10.6. The van der Waals surface area contributed by atoms with Crippen LogP contribution in [0, 0.1) is 16.0 Å². The van der Waals surface area contributed by atoms with Crippen LogP contribution in [0.25, 0.3) is 0 Å². The van der Waals surface area contributed by atoms with Crippen molar-refractivity contribution in [2.24, 2.45) is 5.92 Å². The lowest BCUT2D eigenvalue weighted by Crippen LogP contribution is -2.43. The van der Waals surface area contributed by atoms with Crippen molar-refractivity contribution in [3.05, 3.63) is 81.9 Å². The van der Waals surface area contributed by atoms with Crippen molar-refractivity contribution in [3.63, 3.8) is 0 Å². The highest BCUT2D eigenvalue weighted by Gasteiger charge is 2.52. The van der Waals surface area contributed by atoms with E-state index in [1.807, 2.05) is 30.3 Å². The first-order chi connectivity index (χ1) is 15.7. The van der Waals surface area contributed by atoms with Gasteiger partial charge in [-0.15, -0.1) is 0 Å². The van der Waals surface area contributed by atoms with Gasteiger partial charge in [0, 0.05) is 50.2 Å². The van der Waals surface area contributed by atoms with Crippen LogP contribution in [0.4, 0.5) is 11.4 Å². The van der Waals surface area contributed by atoms with Gasteiger partial charge in [-0.25, -0.2) is 0 Å². The number of fused-ring (bicyclic) bond motifs is 1. The molecule has 0 saturated carbocycles. The number of amides is 2. The minimum atomic E-state index is -1.98. The molecule has 2 N–H and O–H groups in total. The van der Waals surface area contributed by atoms with Gasteiger partial charge in [-0.1, -0.05) is 49.4 Å². The molecule has 174 valence electrons. The first-order valence-corrected chi connectivity index (χ1v) is 10.6. The maximum absolute atomic E-state index is 12.9. The average molecular weight is 453 g/mol. The Morgan fingerprint density at radius 2 is 1.97 bits per heavy atom. The van der Waals surface area contributed by atoms with E-state index in [-0.39, 0.29) is 36.7 Å². The highest BCUT2D eigenvalue weighted by atomic mass is 16.6. The van der Waals surface area contributed by atoms with Gasteiger partial charge >= 0.3 is 0 Å². The summed E-state index contributed by atoms with van der Waals surface area (Å²) in [6.07, 6.45) is 3.15. The van der Waals surface area contributed by atoms with Crippen molar-refractivity contribution in [1.82, 2.24) is 4.90 Å². The van der Waals surface area contributed by atoms with Crippen LogP contribution >= 0.6 is 0 Å². The van der Waals surface area contributed by atoms with E-state index in [0.717, 1.165) is 5.56 Å². The molecule has 0 unspecified atom stereocenters. The van der Waals surface area contributed by atoms with Gasteiger partial charge in [0.25, 0.3) is 11.6 Å². The molecule has 0 fully saturated rings. The Balaban J connectivity index is 1.76. The largest absolute Gasteiger partial charge is 0.395 e. The molecule has 2 aromatic carbocycles. The SMILES string of the molecule is C[C@H](/C=C/CC(=O)N(CCO)Cc1ccccc1)[C@@]1(O)C(=O)N(C)c2ccc([N+](=O)[O-])cc21. The third-order valence-electron chi connectivity index (χ3n) is 5.91. The summed E-state index contributed by atoms with van der Waals surface area (Å²) in [5, 5.41) is 31.8. The number of nitro groups is 1. The quantitative estimate of drug-likeness (QED) is 0.341. The fourth-order valence-corrected chi connectivity index (χ4v) is 4.01. The number of non-ortho nitro benzene ring substituents is 1. The van der Waals surface area contributed by atoms with Crippen molar-refractivity contribution in [1.29, 1.82) is 0 Å². The lowest BCUT2D eigenvalue weighted by atomic mass is 9.82. The zero-order valence-electron chi connectivity index (χ0n) is 18.5. The molecule has 9 heteroatoms. The lowest BCUT2D eigenvalue weighted by molar-refractivity contribution is -0.385. The number of carbonyl (C=O) groups is 2. The Morgan fingerprint density at radius 3 is 2.61 bits per heavy atom. The highest BCUT2D eigenvalue weighted by molar-refractivity contribution is 6.07. The van der Waals surface area contributed by atoms with Crippen molar-refractivity contribution >= 4 is 23.2 Å². The Labute approximate surface area is 191 Å². The minimum Gasteiger partial charge on any atom is -0.395 e. The molecule has 33 heavy (non-hydrogen) atoms. The van der Waals surface area contributed by atoms with Crippen LogP contribution < -0.4 is 4.90 Å². The second-order valence-electron chi connectivity index (χ2n) is 8.03. The van der Waals surface area contributed by atoms with Crippen molar-refractivity contribution in [2.45, 2.75) is 25.5 Å². The Bertz CT molecular complexity index is 1070. The maximum atomic E-state index is 12.9. The summed E-state index contributed by atoms with van der Waals surface area (Å²) in [7, 11) is 1.50. The normalized spacial score (nSPS) is 18.4. The predicted molar refractivity (Wildman–Crippen MR) is 122 cm³/mol. The second kappa shape index (κ2) is 9.93. The van der Waals surface area contributed by atoms with Gasteiger partial charge < -0.3 is 20.0 Å². The first kappa shape index (κ1) is 24.1. The molecule has 1 aliphatic rings. The van der Waals surface area contributed by atoms with Gasteiger partial charge in [0.1, 0.15) is 0 Å². The number of hydrogen-bond acceptors (Lipinski definition) is 6. The molecule has 0 bridgehead atoms. The number of aliphatic hydroxyl groups excluding tert-OH is 1. The fraction of sp³-hybridized carbons (Fsp3) is 0.333. The summed E-state index contributed by atoms with van der Waals surface area (Å²) in [5.74, 6) is -1.55. The zero-order valence-corrected chi connectivity index (χ0v) is 18.5. The summed E-state index contributed by atoms with van der Waals surface area (Å²) in [4.78, 5) is 39.0. The van der Waals surface area contributed by atoms with Crippen LogP contribution in [0.3, 0.4) is 0 Å². The number of rotatable bonds is 9. The van der Waals surface area contributed by atoms with Gasteiger partial charge in [-0.3, -0.25) is 19.7 Å². The van der Waals surface area contributed by atoms with E-state index >= 15 is 0 Å². The number of hydrogen-bond donors (Lipinski definition) is 2. The average Bonchev–Trinajstić information content (AvgIpc) is 3.00. The lowest BCUT2D eigenvalue weighted by Gasteiger charge is -2.27. The second-order valence-corrected chi connectivity index (χ2v) is 8.03. The topological polar surface area (TPSA) is 124 Å². The van der Waals surface area contributed by atoms with E-state index in [4.69, 9.17) is 0 Å². The van der Waals surface area contributed by atoms with Crippen LogP contribution in [0.5, 0.6) is 0 Å². The molecule has 2 atom stereocenters. The monoisotopic (exact) mass is 453 g/mol. The number of benzene rings is 2. The van der Waals surface area contributed by atoms with Gasteiger partial charge in [-0.05, 0) is 11.6 Å². The molecule has 0 spiro atoms. The van der Waals surface area contributed by atoms with Crippen LogP contribution in [-0.4, -0.2) is 52.0 Å². The number of nitro benzene ring substituents is 1. The Kier molecular flexibility index (Phi) is 7.25. The number of aliphatic hydroxyl groups is 2. The molecule has 1 aliphatic heterocycles. The smallest absolute Gasteiger partial charge is 0.269 e. The number of likely N-dealkylation sites (N-methyl/N-ethyl adjacent to an activating group) is 1. The van der Waals surface area contributed by atoms with E-state index < -0.39 is 22.3 Å². The summed E-state index contributed by atoms with van der Waals surface area (Å²) < 4.78 is 0. The Morgan fingerprint density at radius 1 is 1.27 bits per heavy atom. The minimum absolute atomic E-state index is 0.0130. The molecule has 2 amide bonds. The number of nitrogens with zero attached hydrogens (tertiary/aromatic N) is 3. The van der Waals surface area contributed by atoms with Gasteiger partial charge in [0.05, 0.1) is 17.2 Å². The van der Waals surface area contributed by atoms with E-state index in [2.05, 4.69) is 0 Å². The molecule has 0 saturated heterocycles. The van der Waals surface area contributed by atoms with E-state index in [0.29, 0.717) is 12.2 Å². The third-order valence-corrected chi connectivity index (χ3v) is 5.91. The summed E-state index contributed by atoms with van der Waals surface area (Å²) in [5.41, 5.74) is -0.698. The summed E-state index contributed by atoms with van der Waals surface area (Å²) in [6, 6.07) is 13.4. The van der Waals surface area contributed by atoms with Gasteiger partial charge in [0.15, 0.2) is 5.60 Å². The van der Waals surface area contributed by atoms with Crippen molar-refractivity contribution in [2.75, 3.05) is 25.1 Å².